The Hall–Kier alpha value is -1.10. The Morgan fingerprint density at radius 3 is 2.69 bits per heavy atom. The predicted molar refractivity (Wildman–Crippen MR) is 62.5 cm³/mol. The summed E-state index contributed by atoms with van der Waals surface area (Å²) in [7, 11) is 1.40. The maximum absolute atomic E-state index is 12.1. The van der Waals surface area contributed by atoms with Crippen molar-refractivity contribution < 1.29 is 18.3 Å². The van der Waals surface area contributed by atoms with Crippen molar-refractivity contribution in [3.05, 3.63) is 29.8 Å². The second kappa shape index (κ2) is 6.48. The minimum absolute atomic E-state index is 0.0363. The van der Waals surface area contributed by atoms with E-state index in [1.807, 2.05) is 6.08 Å². The quantitative estimate of drug-likeness (QED) is 0.771. The van der Waals surface area contributed by atoms with Gasteiger partial charge in [0.25, 0.3) is 0 Å². The number of hydrogen-bond donors (Lipinski definition) is 0. The van der Waals surface area contributed by atoms with Crippen molar-refractivity contribution in [1.82, 2.24) is 0 Å². The second-order valence-electron chi connectivity index (χ2n) is 2.85. The Labute approximate surface area is 101 Å². The van der Waals surface area contributed by atoms with Crippen LogP contribution in [0, 0.1) is 0 Å². The number of ether oxygens (including phenoxy) is 2. The van der Waals surface area contributed by atoms with Crippen LogP contribution in [0.15, 0.2) is 24.3 Å². The Morgan fingerprint density at radius 1 is 1.38 bits per heavy atom. The topological polar surface area (TPSA) is 18.5 Å². The molecule has 0 aromatic heterocycles. The van der Waals surface area contributed by atoms with E-state index < -0.39 is 6.61 Å². The van der Waals surface area contributed by atoms with Gasteiger partial charge in [0.05, 0.1) is 7.11 Å². The molecule has 1 aromatic carbocycles. The van der Waals surface area contributed by atoms with Crippen LogP contribution < -0.4 is 9.47 Å². The molecule has 0 saturated heterocycles. The molecule has 0 N–H and O–H groups in total. The molecule has 0 saturated carbocycles. The molecule has 0 amide bonds. The van der Waals surface area contributed by atoms with Gasteiger partial charge in [0, 0.05) is 5.33 Å². The maximum atomic E-state index is 12.1. The van der Waals surface area contributed by atoms with Gasteiger partial charge < -0.3 is 9.47 Å². The van der Waals surface area contributed by atoms with E-state index in [4.69, 9.17) is 4.74 Å². The predicted octanol–water partition coefficient (Wildman–Crippen LogP) is 3.70. The average molecular weight is 293 g/mol. The van der Waals surface area contributed by atoms with E-state index in [-0.39, 0.29) is 11.5 Å². The van der Waals surface area contributed by atoms with Crippen LogP contribution in [0.2, 0.25) is 0 Å². The highest BCUT2D eigenvalue weighted by Crippen LogP contribution is 2.29. The third kappa shape index (κ3) is 3.81. The maximum Gasteiger partial charge on any atom is 0.387 e. The molecule has 0 atom stereocenters. The summed E-state index contributed by atoms with van der Waals surface area (Å²) in [5, 5.41) is 0.698. The minimum Gasteiger partial charge on any atom is -0.493 e. The standard InChI is InChI=1S/C11H11BrF2O2/c1-15-9-5-4-8(3-2-6-12)7-10(9)16-11(13)14/h2-5,7,11H,6H2,1H3. The summed E-state index contributed by atoms with van der Waals surface area (Å²) in [4.78, 5) is 0. The summed E-state index contributed by atoms with van der Waals surface area (Å²) in [6.07, 6.45) is 3.65. The lowest BCUT2D eigenvalue weighted by Crippen LogP contribution is -2.03. The van der Waals surface area contributed by atoms with Gasteiger partial charge in [-0.2, -0.15) is 8.78 Å². The summed E-state index contributed by atoms with van der Waals surface area (Å²) in [6, 6.07) is 4.85. The van der Waals surface area contributed by atoms with Crippen molar-refractivity contribution in [2.45, 2.75) is 6.61 Å². The van der Waals surface area contributed by atoms with Gasteiger partial charge in [-0.1, -0.05) is 34.1 Å². The molecular weight excluding hydrogens is 282 g/mol. The van der Waals surface area contributed by atoms with Gasteiger partial charge in [0.1, 0.15) is 0 Å². The van der Waals surface area contributed by atoms with E-state index in [2.05, 4.69) is 20.7 Å². The lowest BCUT2D eigenvalue weighted by Gasteiger charge is -2.10. The van der Waals surface area contributed by atoms with Crippen molar-refractivity contribution >= 4 is 22.0 Å². The lowest BCUT2D eigenvalue weighted by atomic mass is 10.2. The molecule has 16 heavy (non-hydrogen) atoms. The Morgan fingerprint density at radius 2 is 2.12 bits per heavy atom. The molecule has 0 aliphatic rings. The van der Waals surface area contributed by atoms with Gasteiger partial charge in [-0.3, -0.25) is 0 Å². The summed E-state index contributed by atoms with van der Waals surface area (Å²) in [5.74, 6) is 0.325. The normalized spacial score (nSPS) is 11.1. The first-order valence-electron chi connectivity index (χ1n) is 4.52. The molecule has 2 nitrogen and oxygen atoms in total. The SMILES string of the molecule is COc1ccc(C=CCBr)cc1OC(F)F. The van der Waals surface area contributed by atoms with E-state index in [9.17, 15) is 8.78 Å². The first-order chi connectivity index (χ1) is 7.67. The van der Waals surface area contributed by atoms with Gasteiger partial charge in [-0.15, -0.1) is 0 Å². The third-order valence-corrected chi connectivity index (χ3v) is 2.18. The van der Waals surface area contributed by atoms with E-state index in [0.717, 1.165) is 5.56 Å². The fraction of sp³-hybridized carbons (Fsp3) is 0.273. The van der Waals surface area contributed by atoms with Crippen molar-refractivity contribution in [2.75, 3.05) is 12.4 Å². The fourth-order valence-electron chi connectivity index (χ4n) is 1.17. The van der Waals surface area contributed by atoms with Crippen LogP contribution in [-0.4, -0.2) is 19.1 Å². The zero-order valence-corrected chi connectivity index (χ0v) is 10.2. The Kier molecular flexibility index (Phi) is 5.25. The van der Waals surface area contributed by atoms with Crippen molar-refractivity contribution in [3.8, 4) is 11.5 Å². The number of methoxy groups -OCH3 is 1. The van der Waals surface area contributed by atoms with Gasteiger partial charge in [0.15, 0.2) is 11.5 Å². The molecule has 1 aromatic rings. The second-order valence-corrected chi connectivity index (χ2v) is 3.49. The highest BCUT2D eigenvalue weighted by Gasteiger charge is 2.10. The number of benzene rings is 1. The molecule has 0 unspecified atom stereocenters. The van der Waals surface area contributed by atoms with E-state index in [1.54, 1.807) is 18.2 Å². The zero-order valence-electron chi connectivity index (χ0n) is 8.62. The van der Waals surface area contributed by atoms with Crippen LogP contribution in [0.1, 0.15) is 5.56 Å². The van der Waals surface area contributed by atoms with E-state index in [0.29, 0.717) is 5.33 Å². The summed E-state index contributed by atoms with van der Waals surface area (Å²) < 4.78 is 33.5. The Bertz CT molecular complexity index is 367. The van der Waals surface area contributed by atoms with Crippen LogP contribution in [0.3, 0.4) is 0 Å². The van der Waals surface area contributed by atoms with Crippen LogP contribution in [-0.2, 0) is 0 Å². The average Bonchev–Trinajstić information content (AvgIpc) is 2.26. The molecule has 0 heterocycles. The molecule has 0 fully saturated rings. The van der Waals surface area contributed by atoms with Gasteiger partial charge in [0.2, 0.25) is 0 Å². The number of alkyl halides is 3. The monoisotopic (exact) mass is 292 g/mol. The number of rotatable bonds is 5. The molecule has 0 spiro atoms. The minimum atomic E-state index is -2.86. The number of halogens is 3. The molecule has 1 rings (SSSR count). The first kappa shape index (κ1) is 13.0. The largest absolute Gasteiger partial charge is 0.493 e. The molecule has 0 aliphatic carbocycles. The van der Waals surface area contributed by atoms with Crippen LogP contribution in [0.4, 0.5) is 8.78 Å². The van der Waals surface area contributed by atoms with Gasteiger partial charge >= 0.3 is 6.61 Å². The molecule has 0 radical (unpaired) electrons. The molecule has 88 valence electrons. The lowest BCUT2D eigenvalue weighted by molar-refractivity contribution is -0.0512. The van der Waals surface area contributed by atoms with Gasteiger partial charge in [-0.25, -0.2) is 0 Å². The summed E-state index contributed by atoms with van der Waals surface area (Å²) in [5.41, 5.74) is 0.774. The molecule has 0 bridgehead atoms. The summed E-state index contributed by atoms with van der Waals surface area (Å²) >= 11 is 3.23. The molecule has 0 aliphatic heterocycles. The third-order valence-electron chi connectivity index (χ3n) is 1.80. The first-order valence-corrected chi connectivity index (χ1v) is 5.65. The van der Waals surface area contributed by atoms with E-state index >= 15 is 0 Å². The van der Waals surface area contributed by atoms with Crippen molar-refractivity contribution in [3.63, 3.8) is 0 Å². The number of hydrogen-bond acceptors (Lipinski definition) is 2. The van der Waals surface area contributed by atoms with Crippen LogP contribution in [0.25, 0.3) is 6.08 Å². The summed E-state index contributed by atoms with van der Waals surface area (Å²) in [6.45, 7) is -2.86. The van der Waals surface area contributed by atoms with Crippen LogP contribution in [0.5, 0.6) is 11.5 Å². The fourth-order valence-corrected chi connectivity index (χ4v) is 1.35. The highest BCUT2D eigenvalue weighted by atomic mass is 79.9. The smallest absolute Gasteiger partial charge is 0.387 e. The highest BCUT2D eigenvalue weighted by molar-refractivity contribution is 9.09. The van der Waals surface area contributed by atoms with Crippen molar-refractivity contribution in [2.24, 2.45) is 0 Å². The van der Waals surface area contributed by atoms with E-state index in [1.165, 1.54) is 13.2 Å². The van der Waals surface area contributed by atoms with Crippen LogP contribution >= 0.6 is 15.9 Å². The molecule has 5 heteroatoms. The zero-order chi connectivity index (χ0) is 12.0. The molecular formula is C11H11BrF2O2. The number of allylic oxidation sites excluding steroid dienone is 1. The van der Waals surface area contributed by atoms with Gasteiger partial charge in [-0.05, 0) is 17.7 Å². The van der Waals surface area contributed by atoms with Crippen molar-refractivity contribution in [1.29, 1.82) is 0 Å². The Balaban J connectivity index is 2.96.